The second-order valence-electron chi connectivity index (χ2n) is 3.82. The van der Waals surface area contributed by atoms with Gasteiger partial charge in [-0.1, -0.05) is 23.2 Å². The number of benzene rings is 1. The normalized spacial score (nSPS) is 11.8. The lowest BCUT2D eigenvalue weighted by atomic mass is 10.2. The summed E-state index contributed by atoms with van der Waals surface area (Å²) in [5, 5.41) is 0.423. The number of sulfonamides is 1. The van der Waals surface area contributed by atoms with Gasteiger partial charge in [0.2, 0.25) is 10.0 Å². The molecule has 0 spiro atoms. The molecular weight excluding hydrogens is 311 g/mol. The number of hydrogen-bond acceptors (Lipinski definition) is 4. The Balaban J connectivity index is 2.94. The molecule has 0 heterocycles. The molecule has 19 heavy (non-hydrogen) atoms. The summed E-state index contributed by atoms with van der Waals surface area (Å²) < 4.78 is 31.4. The zero-order chi connectivity index (χ0) is 14.5. The van der Waals surface area contributed by atoms with Gasteiger partial charge in [0.05, 0.1) is 5.02 Å². The van der Waals surface area contributed by atoms with Crippen molar-refractivity contribution in [1.82, 2.24) is 4.72 Å². The predicted molar refractivity (Wildman–Crippen MR) is 76.0 cm³/mol. The molecular formula is C11H16Cl2N2O3S. The van der Waals surface area contributed by atoms with E-state index in [1.165, 1.54) is 12.1 Å². The first kappa shape index (κ1) is 16.7. The van der Waals surface area contributed by atoms with Crippen LogP contribution in [0.15, 0.2) is 17.0 Å². The van der Waals surface area contributed by atoms with E-state index in [2.05, 4.69) is 4.72 Å². The van der Waals surface area contributed by atoms with E-state index in [0.717, 1.165) is 0 Å². The monoisotopic (exact) mass is 326 g/mol. The van der Waals surface area contributed by atoms with Gasteiger partial charge in [0.25, 0.3) is 0 Å². The molecule has 0 amide bonds. The summed E-state index contributed by atoms with van der Waals surface area (Å²) in [7, 11) is -2.12. The van der Waals surface area contributed by atoms with Crippen LogP contribution in [0.2, 0.25) is 10.0 Å². The van der Waals surface area contributed by atoms with E-state index in [9.17, 15) is 8.42 Å². The molecule has 1 rings (SSSR count). The average Bonchev–Trinajstić information content (AvgIpc) is 2.34. The molecule has 0 aliphatic carbocycles. The minimum absolute atomic E-state index is 0.0172. The first-order valence-electron chi connectivity index (χ1n) is 5.59. The van der Waals surface area contributed by atoms with Crippen LogP contribution in [0.4, 0.5) is 0 Å². The fourth-order valence-electron chi connectivity index (χ4n) is 1.43. The third-order valence-electron chi connectivity index (χ3n) is 2.43. The minimum Gasteiger partial charge on any atom is -0.385 e. The highest BCUT2D eigenvalue weighted by atomic mass is 35.5. The standard InChI is InChI=1S/C11H16Cl2N2O3S/c1-18-4-2-3-15-19(16,17)11-5-8(7-14)9(12)6-10(11)13/h5-6,15H,2-4,7,14H2,1H3. The van der Waals surface area contributed by atoms with Gasteiger partial charge in [-0.05, 0) is 24.1 Å². The van der Waals surface area contributed by atoms with Crippen LogP contribution >= 0.6 is 23.2 Å². The Labute approximate surface area is 123 Å². The van der Waals surface area contributed by atoms with Crippen molar-refractivity contribution in [3.63, 3.8) is 0 Å². The molecule has 5 nitrogen and oxygen atoms in total. The van der Waals surface area contributed by atoms with Crippen molar-refractivity contribution in [3.05, 3.63) is 27.7 Å². The van der Waals surface area contributed by atoms with E-state index in [1.807, 2.05) is 0 Å². The highest BCUT2D eigenvalue weighted by molar-refractivity contribution is 7.89. The molecule has 0 fully saturated rings. The van der Waals surface area contributed by atoms with Crippen molar-refractivity contribution in [1.29, 1.82) is 0 Å². The van der Waals surface area contributed by atoms with E-state index in [4.69, 9.17) is 33.7 Å². The molecule has 108 valence electrons. The van der Waals surface area contributed by atoms with E-state index in [-0.39, 0.29) is 23.0 Å². The van der Waals surface area contributed by atoms with Crippen LogP contribution in [-0.2, 0) is 21.3 Å². The molecule has 0 aliphatic heterocycles. The molecule has 1 aromatic carbocycles. The van der Waals surface area contributed by atoms with E-state index in [1.54, 1.807) is 7.11 Å². The Kier molecular flexibility index (Phi) is 6.52. The van der Waals surface area contributed by atoms with Crippen LogP contribution in [0, 0.1) is 0 Å². The molecule has 0 atom stereocenters. The third kappa shape index (κ3) is 4.59. The highest BCUT2D eigenvalue weighted by Gasteiger charge is 2.19. The molecule has 8 heteroatoms. The number of hydrogen-bond donors (Lipinski definition) is 2. The topological polar surface area (TPSA) is 81.4 Å². The molecule has 1 aromatic rings. The Bertz CT molecular complexity index is 535. The largest absolute Gasteiger partial charge is 0.385 e. The van der Waals surface area contributed by atoms with Gasteiger partial charge in [0, 0.05) is 31.8 Å². The molecule has 0 bridgehead atoms. The van der Waals surface area contributed by atoms with Gasteiger partial charge in [0.15, 0.2) is 0 Å². The number of nitrogens with one attached hydrogen (secondary N) is 1. The maximum atomic E-state index is 12.1. The maximum Gasteiger partial charge on any atom is 0.242 e. The second-order valence-corrected chi connectivity index (χ2v) is 6.37. The summed E-state index contributed by atoms with van der Waals surface area (Å²) in [6.45, 7) is 0.889. The predicted octanol–water partition coefficient (Wildman–Crippen LogP) is 1.77. The molecule has 0 unspecified atom stereocenters. The Hall–Kier alpha value is -0.370. The average molecular weight is 327 g/mol. The number of nitrogens with two attached hydrogens (primary N) is 1. The zero-order valence-electron chi connectivity index (χ0n) is 10.4. The van der Waals surface area contributed by atoms with Crippen molar-refractivity contribution in [2.24, 2.45) is 5.73 Å². The van der Waals surface area contributed by atoms with Gasteiger partial charge in [-0.25, -0.2) is 13.1 Å². The van der Waals surface area contributed by atoms with Gasteiger partial charge in [0.1, 0.15) is 4.90 Å². The SMILES string of the molecule is COCCCNS(=O)(=O)c1cc(CN)c(Cl)cc1Cl. The van der Waals surface area contributed by atoms with Crippen LogP contribution in [0.5, 0.6) is 0 Å². The van der Waals surface area contributed by atoms with Crippen LogP contribution < -0.4 is 10.5 Å². The Morgan fingerprint density at radius 1 is 1.32 bits per heavy atom. The molecule has 0 saturated heterocycles. The minimum atomic E-state index is -3.67. The summed E-state index contributed by atoms with van der Waals surface area (Å²) in [5.41, 5.74) is 6.02. The first-order valence-corrected chi connectivity index (χ1v) is 7.83. The molecule has 0 radical (unpaired) electrons. The summed E-state index contributed by atoms with van der Waals surface area (Å²) in [5.74, 6) is 0. The van der Waals surface area contributed by atoms with Crippen molar-refractivity contribution < 1.29 is 13.2 Å². The summed E-state index contributed by atoms with van der Waals surface area (Å²) in [4.78, 5) is -0.0172. The fraction of sp³-hybridized carbons (Fsp3) is 0.455. The molecule has 0 aromatic heterocycles. The van der Waals surface area contributed by atoms with Crippen LogP contribution in [0.1, 0.15) is 12.0 Å². The van der Waals surface area contributed by atoms with Crippen molar-refractivity contribution in [2.45, 2.75) is 17.9 Å². The van der Waals surface area contributed by atoms with Crippen LogP contribution in [-0.4, -0.2) is 28.7 Å². The van der Waals surface area contributed by atoms with E-state index in [0.29, 0.717) is 23.6 Å². The highest BCUT2D eigenvalue weighted by Crippen LogP contribution is 2.28. The fourth-order valence-corrected chi connectivity index (χ4v) is 3.38. The lowest BCUT2D eigenvalue weighted by molar-refractivity contribution is 0.196. The van der Waals surface area contributed by atoms with Gasteiger partial charge < -0.3 is 10.5 Å². The lowest BCUT2D eigenvalue weighted by Gasteiger charge is -2.10. The number of ether oxygens (including phenoxy) is 1. The zero-order valence-corrected chi connectivity index (χ0v) is 12.8. The van der Waals surface area contributed by atoms with E-state index < -0.39 is 10.0 Å². The summed E-state index contributed by atoms with van der Waals surface area (Å²) in [6, 6.07) is 2.78. The van der Waals surface area contributed by atoms with Crippen LogP contribution in [0.3, 0.4) is 0 Å². The first-order chi connectivity index (χ1) is 8.92. The Morgan fingerprint density at radius 2 is 2.00 bits per heavy atom. The number of halogens is 2. The maximum absolute atomic E-state index is 12.1. The Morgan fingerprint density at radius 3 is 2.58 bits per heavy atom. The lowest BCUT2D eigenvalue weighted by Crippen LogP contribution is -2.26. The molecule has 3 N–H and O–H groups in total. The second kappa shape index (κ2) is 7.42. The van der Waals surface area contributed by atoms with Crippen molar-refractivity contribution >= 4 is 33.2 Å². The van der Waals surface area contributed by atoms with E-state index >= 15 is 0 Å². The van der Waals surface area contributed by atoms with Crippen molar-refractivity contribution in [2.75, 3.05) is 20.3 Å². The molecule has 0 aliphatic rings. The van der Waals surface area contributed by atoms with Gasteiger partial charge in [-0.15, -0.1) is 0 Å². The van der Waals surface area contributed by atoms with Gasteiger partial charge in [-0.3, -0.25) is 0 Å². The smallest absolute Gasteiger partial charge is 0.242 e. The third-order valence-corrected chi connectivity index (χ3v) is 4.71. The summed E-state index contributed by atoms with van der Waals surface area (Å²) in [6.07, 6.45) is 0.574. The number of rotatable bonds is 7. The quantitative estimate of drug-likeness (QED) is 0.748. The van der Waals surface area contributed by atoms with Gasteiger partial charge >= 0.3 is 0 Å². The van der Waals surface area contributed by atoms with Gasteiger partial charge in [-0.2, -0.15) is 0 Å². The molecule has 0 saturated carbocycles. The van der Waals surface area contributed by atoms with Crippen LogP contribution in [0.25, 0.3) is 0 Å². The number of methoxy groups -OCH3 is 1. The van der Waals surface area contributed by atoms with Crippen molar-refractivity contribution in [3.8, 4) is 0 Å². The summed E-state index contributed by atoms with van der Waals surface area (Å²) >= 11 is 11.8.